The highest BCUT2D eigenvalue weighted by atomic mass is 16.5. The molecule has 1 aromatic heterocycles. The number of carbonyl (C=O) groups excluding carboxylic acids is 2. The number of carbonyl (C=O) groups is 2. The number of amides is 1. The second-order valence-corrected chi connectivity index (χ2v) is 7.49. The second-order valence-electron chi connectivity index (χ2n) is 7.49. The first kappa shape index (κ1) is 21.0. The first-order valence-electron chi connectivity index (χ1n) is 10.2. The summed E-state index contributed by atoms with van der Waals surface area (Å²) in [5.41, 5.74) is 3.78. The Balaban J connectivity index is 1.65. The van der Waals surface area contributed by atoms with Gasteiger partial charge in [-0.1, -0.05) is 30.3 Å². The molecule has 1 aliphatic rings. The predicted molar refractivity (Wildman–Crippen MR) is 111 cm³/mol. The van der Waals surface area contributed by atoms with Crippen molar-refractivity contribution in [3.63, 3.8) is 0 Å². The maximum absolute atomic E-state index is 13.1. The van der Waals surface area contributed by atoms with Gasteiger partial charge in [-0.25, -0.2) is 0 Å². The third-order valence-corrected chi connectivity index (χ3v) is 5.33. The molecule has 1 aliphatic carbocycles. The Bertz CT molecular complexity index is 847. The monoisotopic (exact) mass is 398 g/mol. The lowest BCUT2D eigenvalue weighted by molar-refractivity contribution is -0.143. The average Bonchev–Trinajstić information content (AvgIpc) is 3.04. The molecule has 156 valence electrons. The van der Waals surface area contributed by atoms with E-state index in [4.69, 9.17) is 4.74 Å². The van der Waals surface area contributed by atoms with Crippen molar-refractivity contribution in [1.29, 1.82) is 0 Å². The molecule has 0 aliphatic heterocycles. The van der Waals surface area contributed by atoms with E-state index >= 15 is 0 Å². The molecule has 7 heteroatoms. The minimum atomic E-state index is -0.184. The van der Waals surface area contributed by atoms with Crippen molar-refractivity contribution in [2.75, 3.05) is 20.2 Å². The number of ether oxygens (including phenoxy) is 1. The molecule has 0 radical (unpaired) electrons. The molecule has 0 fully saturated rings. The van der Waals surface area contributed by atoms with E-state index in [9.17, 15) is 9.59 Å². The van der Waals surface area contributed by atoms with Crippen molar-refractivity contribution >= 4 is 11.9 Å². The number of hydrogen-bond acceptors (Lipinski definition) is 5. The highest BCUT2D eigenvalue weighted by Gasteiger charge is 2.29. The van der Waals surface area contributed by atoms with Gasteiger partial charge in [0.25, 0.3) is 5.91 Å². The van der Waals surface area contributed by atoms with Crippen LogP contribution in [0.3, 0.4) is 0 Å². The fourth-order valence-corrected chi connectivity index (χ4v) is 3.86. The Morgan fingerprint density at radius 2 is 2.07 bits per heavy atom. The number of aromatic nitrogens is 2. The number of aryl methyl sites for hydroxylation is 1. The van der Waals surface area contributed by atoms with Crippen LogP contribution in [-0.4, -0.2) is 52.8 Å². The number of rotatable bonds is 8. The van der Waals surface area contributed by atoms with E-state index in [-0.39, 0.29) is 17.9 Å². The number of nitrogens with one attached hydrogen (secondary N) is 1. The van der Waals surface area contributed by atoms with Crippen LogP contribution >= 0.6 is 0 Å². The fraction of sp³-hybridized carbons (Fsp3) is 0.500. The molecule has 1 N–H and O–H groups in total. The van der Waals surface area contributed by atoms with E-state index in [0.29, 0.717) is 31.8 Å². The van der Waals surface area contributed by atoms with Crippen LogP contribution in [0, 0.1) is 0 Å². The Hall–Kier alpha value is -2.67. The van der Waals surface area contributed by atoms with Crippen molar-refractivity contribution in [2.24, 2.45) is 7.05 Å². The first-order chi connectivity index (χ1) is 14.0. The molecule has 0 saturated carbocycles. The Morgan fingerprint density at radius 3 is 2.79 bits per heavy atom. The molecular formula is C22H30N4O3. The van der Waals surface area contributed by atoms with Crippen LogP contribution in [-0.2, 0) is 36.0 Å². The van der Waals surface area contributed by atoms with Crippen LogP contribution in [0.5, 0.6) is 0 Å². The molecule has 0 spiro atoms. The summed E-state index contributed by atoms with van der Waals surface area (Å²) in [4.78, 5) is 26.3. The second kappa shape index (κ2) is 9.69. The van der Waals surface area contributed by atoms with Crippen LogP contribution in [0.15, 0.2) is 30.3 Å². The van der Waals surface area contributed by atoms with E-state index < -0.39 is 0 Å². The van der Waals surface area contributed by atoms with Crippen molar-refractivity contribution in [3.8, 4) is 0 Å². The highest BCUT2D eigenvalue weighted by molar-refractivity contribution is 5.94. The van der Waals surface area contributed by atoms with Crippen molar-refractivity contribution < 1.29 is 14.3 Å². The van der Waals surface area contributed by atoms with Crippen molar-refractivity contribution in [1.82, 2.24) is 20.0 Å². The van der Waals surface area contributed by atoms with Gasteiger partial charge < -0.3 is 15.0 Å². The SMILES string of the molecule is CCOC(=O)CCNC1CCc2c(c(C(=O)N(C)Cc3ccccc3)nn2C)C1. The van der Waals surface area contributed by atoms with Gasteiger partial charge in [-0.2, -0.15) is 5.10 Å². The lowest BCUT2D eigenvalue weighted by atomic mass is 9.91. The Morgan fingerprint density at radius 1 is 1.31 bits per heavy atom. The van der Waals surface area contributed by atoms with Gasteiger partial charge in [0.1, 0.15) is 0 Å². The third-order valence-electron chi connectivity index (χ3n) is 5.33. The molecule has 1 heterocycles. The van der Waals surface area contributed by atoms with Gasteiger partial charge in [-0.15, -0.1) is 0 Å². The van der Waals surface area contributed by atoms with Gasteiger partial charge in [0.15, 0.2) is 5.69 Å². The first-order valence-corrected chi connectivity index (χ1v) is 10.2. The van der Waals surface area contributed by atoms with E-state index in [1.165, 1.54) is 0 Å². The number of hydrogen-bond donors (Lipinski definition) is 1. The van der Waals surface area contributed by atoms with Gasteiger partial charge >= 0.3 is 5.97 Å². The normalized spacial score (nSPS) is 15.6. The smallest absolute Gasteiger partial charge is 0.307 e. The molecule has 2 aromatic rings. The van der Waals surface area contributed by atoms with E-state index in [2.05, 4.69) is 10.4 Å². The van der Waals surface area contributed by atoms with Crippen LogP contribution in [0.4, 0.5) is 0 Å². The zero-order valence-corrected chi connectivity index (χ0v) is 17.5. The van der Waals surface area contributed by atoms with E-state index in [1.54, 1.807) is 4.90 Å². The minimum Gasteiger partial charge on any atom is -0.466 e. The van der Waals surface area contributed by atoms with Crippen LogP contribution in [0.2, 0.25) is 0 Å². The van der Waals surface area contributed by atoms with Crippen LogP contribution in [0.1, 0.15) is 47.1 Å². The zero-order chi connectivity index (χ0) is 20.8. The van der Waals surface area contributed by atoms with Crippen molar-refractivity contribution in [3.05, 3.63) is 52.8 Å². The van der Waals surface area contributed by atoms with Crippen molar-refractivity contribution in [2.45, 2.75) is 45.2 Å². The molecule has 3 rings (SSSR count). The van der Waals surface area contributed by atoms with Gasteiger partial charge in [0.2, 0.25) is 0 Å². The minimum absolute atomic E-state index is 0.0575. The van der Waals surface area contributed by atoms with Gasteiger partial charge in [-0.05, 0) is 31.7 Å². The summed E-state index contributed by atoms with van der Waals surface area (Å²) in [5.74, 6) is -0.242. The Labute approximate surface area is 172 Å². The number of fused-ring (bicyclic) bond motifs is 1. The lowest BCUT2D eigenvalue weighted by Gasteiger charge is -2.24. The highest BCUT2D eigenvalue weighted by Crippen LogP contribution is 2.25. The zero-order valence-electron chi connectivity index (χ0n) is 17.5. The summed E-state index contributed by atoms with van der Waals surface area (Å²) >= 11 is 0. The molecular weight excluding hydrogens is 368 g/mol. The number of nitrogens with zero attached hydrogens (tertiary/aromatic N) is 3. The topological polar surface area (TPSA) is 76.5 Å². The summed E-state index contributed by atoms with van der Waals surface area (Å²) in [7, 11) is 3.72. The molecule has 7 nitrogen and oxygen atoms in total. The molecule has 1 amide bonds. The van der Waals surface area contributed by atoms with E-state index in [0.717, 1.165) is 36.1 Å². The number of benzene rings is 1. The summed E-state index contributed by atoms with van der Waals surface area (Å²) in [6, 6.07) is 10.2. The quantitative estimate of drug-likeness (QED) is 0.689. The van der Waals surface area contributed by atoms with Crippen LogP contribution < -0.4 is 5.32 Å². The van der Waals surface area contributed by atoms with Gasteiger partial charge in [0, 0.05) is 44.5 Å². The standard InChI is InChI=1S/C22H30N4O3/c1-4-29-20(27)12-13-23-17-10-11-19-18(14-17)21(24-26(19)3)22(28)25(2)15-16-8-6-5-7-9-16/h5-9,17,23H,4,10-15H2,1-3H3. The summed E-state index contributed by atoms with van der Waals surface area (Å²) in [6.45, 7) is 3.34. The lowest BCUT2D eigenvalue weighted by Crippen LogP contribution is -2.37. The average molecular weight is 399 g/mol. The molecule has 29 heavy (non-hydrogen) atoms. The molecule has 0 bridgehead atoms. The number of esters is 1. The third kappa shape index (κ3) is 5.23. The summed E-state index contributed by atoms with van der Waals surface area (Å²) in [5, 5.41) is 7.98. The largest absolute Gasteiger partial charge is 0.466 e. The summed E-state index contributed by atoms with van der Waals surface area (Å²) < 4.78 is 6.82. The summed E-state index contributed by atoms with van der Waals surface area (Å²) in [6.07, 6.45) is 2.93. The maximum Gasteiger partial charge on any atom is 0.307 e. The van der Waals surface area contributed by atoms with E-state index in [1.807, 2.05) is 56.0 Å². The fourth-order valence-electron chi connectivity index (χ4n) is 3.86. The predicted octanol–water partition coefficient (Wildman–Crippen LogP) is 2.09. The Kier molecular flexibility index (Phi) is 7.04. The maximum atomic E-state index is 13.1. The molecule has 0 saturated heterocycles. The molecule has 1 atom stereocenters. The van der Waals surface area contributed by atoms with Crippen LogP contribution in [0.25, 0.3) is 0 Å². The molecule has 1 aromatic carbocycles. The van der Waals surface area contributed by atoms with Gasteiger partial charge in [0.05, 0.1) is 13.0 Å². The molecule has 1 unspecified atom stereocenters. The van der Waals surface area contributed by atoms with Gasteiger partial charge in [-0.3, -0.25) is 14.3 Å².